The van der Waals surface area contributed by atoms with E-state index in [2.05, 4.69) is 21.0 Å². The molecular weight excluding hydrogens is 341 g/mol. The quantitative estimate of drug-likeness (QED) is 0.254. The molecule has 0 fully saturated rings. The third kappa shape index (κ3) is 9.26. The number of nitrogens with zero attached hydrogens (tertiary/aromatic N) is 1. The maximum Gasteiger partial charge on any atom is 0.157 e. The first-order chi connectivity index (χ1) is 11.7. The summed E-state index contributed by atoms with van der Waals surface area (Å²) >= 11 is 0. The molecule has 1 atom stereocenters. The number of quaternary nitrogens is 1. The van der Waals surface area contributed by atoms with E-state index in [1.54, 1.807) is 6.07 Å². The Bertz CT molecular complexity index is 577. The second-order valence-corrected chi connectivity index (χ2v) is 9.11. The molecule has 1 unspecified atom stereocenters. The average molecular weight is 373 g/mol. The highest BCUT2D eigenvalue weighted by molar-refractivity contribution is 7.51. The smallest absolute Gasteiger partial charge is 0.157 e. The molecule has 0 heterocycles. The van der Waals surface area contributed by atoms with E-state index in [9.17, 15) is 19.7 Å². The molecule has 25 heavy (non-hydrogen) atoms. The van der Waals surface area contributed by atoms with Gasteiger partial charge in [0.2, 0.25) is 0 Å². The number of hydrogen-bond acceptors (Lipinski definition) is 5. The third-order valence-corrected chi connectivity index (χ3v) is 5.73. The fourth-order valence-electron chi connectivity index (χ4n) is 2.55. The van der Waals surface area contributed by atoms with Crippen LogP contribution in [-0.2, 0) is 15.5 Å². The standard InChI is InChI=1S/C18H32NO5P/c1-4-5-11-19(2,3)12-13-24-25(22,23)14-7-6-8-16-9-10-17(20)18(21)15-16/h9-10,15H,4-8,11-14H2,1-3H3,(H2-,20,21,22,23). The number of phenolic OH excluding ortho intramolecular Hbond substituents is 2. The number of likely N-dealkylation sites (N-methyl/N-ethyl adjacent to an activating group) is 1. The Kier molecular flexibility index (Phi) is 8.94. The topological polar surface area (TPSA) is 89.8 Å². The van der Waals surface area contributed by atoms with Crippen LogP contribution >= 0.6 is 7.60 Å². The largest absolute Gasteiger partial charge is 0.778 e. The molecule has 1 aromatic rings. The van der Waals surface area contributed by atoms with Gasteiger partial charge in [0.25, 0.3) is 0 Å². The van der Waals surface area contributed by atoms with E-state index in [0.717, 1.165) is 29.4 Å². The summed E-state index contributed by atoms with van der Waals surface area (Å²) in [6, 6.07) is 4.66. The van der Waals surface area contributed by atoms with Crippen LogP contribution in [0.25, 0.3) is 0 Å². The summed E-state index contributed by atoms with van der Waals surface area (Å²) in [5, 5.41) is 18.7. The number of benzene rings is 1. The maximum absolute atomic E-state index is 12.0. The van der Waals surface area contributed by atoms with Gasteiger partial charge in [-0.3, -0.25) is 0 Å². The van der Waals surface area contributed by atoms with E-state index < -0.39 is 7.60 Å². The lowest BCUT2D eigenvalue weighted by atomic mass is 10.1. The van der Waals surface area contributed by atoms with Crippen LogP contribution in [0.1, 0.15) is 38.2 Å². The van der Waals surface area contributed by atoms with Crippen molar-refractivity contribution < 1.29 is 28.7 Å². The molecule has 0 aliphatic heterocycles. The second-order valence-electron chi connectivity index (χ2n) is 7.18. The molecule has 1 aromatic carbocycles. The van der Waals surface area contributed by atoms with Crippen LogP contribution in [-0.4, -0.2) is 54.6 Å². The number of aromatic hydroxyl groups is 2. The Morgan fingerprint density at radius 1 is 1.12 bits per heavy atom. The number of rotatable bonds is 12. The lowest BCUT2D eigenvalue weighted by molar-refractivity contribution is -0.890. The van der Waals surface area contributed by atoms with Gasteiger partial charge in [-0.2, -0.15) is 0 Å². The van der Waals surface area contributed by atoms with Crippen molar-refractivity contribution in [2.75, 3.05) is 40.0 Å². The summed E-state index contributed by atoms with van der Waals surface area (Å²) < 4.78 is 17.9. The molecule has 7 heteroatoms. The zero-order chi connectivity index (χ0) is 18.9. The van der Waals surface area contributed by atoms with Crippen molar-refractivity contribution in [3.63, 3.8) is 0 Å². The third-order valence-electron chi connectivity index (χ3n) is 4.29. The van der Waals surface area contributed by atoms with Crippen molar-refractivity contribution in [2.24, 2.45) is 0 Å². The maximum atomic E-state index is 12.0. The summed E-state index contributed by atoms with van der Waals surface area (Å²) in [7, 11) is 0.378. The van der Waals surface area contributed by atoms with Gasteiger partial charge in [0, 0.05) is 6.16 Å². The van der Waals surface area contributed by atoms with Crippen LogP contribution in [0.2, 0.25) is 0 Å². The highest BCUT2D eigenvalue weighted by Gasteiger charge is 2.16. The minimum absolute atomic E-state index is 0.0272. The van der Waals surface area contributed by atoms with E-state index >= 15 is 0 Å². The van der Waals surface area contributed by atoms with Gasteiger partial charge in [0.05, 0.1) is 20.6 Å². The van der Waals surface area contributed by atoms with E-state index in [1.807, 2.05) is 0 Å². The van der Waals surface area contributed by atoms with Crippen LogP contribution < -0.4 is 4.89 Å². The highest BCUT2D eigenvalue weighted by Crippen LogP contribution is 2.38. The number of unbranched alkanes of at least 4 members (excludes halogenated alkanes) is 2. The van der Waals surface area contributed by atoms with Crippen LogP contribution in [0, 0.1) is 0 Å². The molecule has 0 aliphatic carbocycles. The number of phenols is 2. The molecule has 6 nitrogen and oxygen atoms in total. The summed E-state index contributed by atoms with van der Waals surface area (Å²) in [5.41, 5.74) is 0.868. The van der Waals surface area contributed by atoms with Gasteiger partial charge in [0.1, 0.15) is 20.7 Å². The van der Waals surface area contributed by atoms with E-state index in [1.165, 1.54) is 12.1 Å². The molecule has 0 aliphatic rings. The summed E-state index contributed by atoms with van der Waals surface area (Å²) in [6.45, 7) is 4.06. The van der Waals surface area contributed by atoms with E-state index in [-0.39, 0.29) is 24.3 Å². The van der Waals surface area contributed by atoms with Gasteiger partial charge in [0.15, 0.2) is 11.5 Å². The van der Waals surface area contributed by atoms with Crippen LogP contribution in [0.3, 0.4) is 0 Å². The Morgan fingerprint density at radius 3 is 2.48 bits per heavy atom. The predicted molar refractivity (Wildman–Crippen MR) is 97.9 cm³/mol. The Hall–Kier alpha value is -1.07. The average Bonchev–Trinajstić information content (AvgIpc) is 2.52. The fraction of sp³-hybridized carbons (Fsp3) is 0.667. The van der Waals surface area contributed by atoms with Gasteiger partial charge >= 0.3 is 0 Å². The SMILES string of the molecule is CCCC[N+](C)(C)CCOP(=O)([O-])CCCCc1ccc(O)c(O)c1. The van der Waals surface area contributed by atoms with Gasteiger partial charge < -0.3 is 28.7 Å². The molecule has 0 saturated heterocycles. The second kappa shape index (κ2) is 10.2. The Morgan fingerprint density at radius 2 is 1.84 bits per heavy atom. The molecule has 0 bridgehead atoms. The van der Waals surface area contributed by atoms with Crippen molar-refractivity contribution in [3.8, 4) is 11.5 Å². The first-order valence-corrected chi connectivity index (χ1v) is 10.7. The van der Waals surface area contributed by atoms with Gasteiger partial charge in [-0.05, 0) is 43.4 Å². The number of hydrogen-bond donors (Lipinski definition) is 2. The van der Waals surface area contributed by atoms with Crippen molar-refractivity contribution in [3.05, 3.63) is 23.8 Å². The summed E-state index contributed by atoms with van der Waals surface area (Å²) in [5.74, 6) is -0.305. The van der Waals surface area contributed by atoms with Crippen LogP contribution in [0.15, 0.2) is 18.2 Å². The minimum Gasteiger partial charge on any atom is -0.778 e. The zero-order valence-corrected chi connectivity index (χ0v) is 16.5. The van der Waals surface area contributed by atoms with E-state index in [4.69, 9.17) is 4.52 Å². The predicted octanol–water partition coefficient (Wildman–Crippen LogP) is 2.87. The lowest BCUT2D eigenvalue weighted by Crippen LogP contribution is -2.43. The molecule has 0 saturated carbocycles. The van der Waals surface area contributed by atoms with Gasteiger partial charge in [-0.1, -0.05) is 19.4 Å². The summed E-state index contributed by atoms with van der Waals surface area (Å²) in [6.07, 6.45) is 4.11. The van der Waals surface area contributed by atoms with Crippen LogP contribution in [0.4, 0.5) is 0 Å². The van der Waals surface area contributed by atoms with Gasteiger partial charge in [-0.25, -0.2) is 0 Å². The molecular formula is C18H32NO5P. The summed E-state index contributed by atoms with van der Waals surface area (Å²) in [4.78, 5) is 12.0. The Labute approximate surface area is 151 Å². The molecule has 0 spiro atoms. The number of aryl methyl sites for hydroxylation is 1. The normalized spacial score (nSPS) is 14.4. The van der Waals surface area contributed by atoms with Gasteiger partial charge in [-0.15, -0.1) is 0 Å². The fourth-order valence-corrected chi connectivity index (χ4v) is 3.65. The van der Waals surface area contributed by atoms with Crippen molar-refractivity contribution in [1.82, 2.24) is 0 Å². The molecule has 144 valence electrons. The zero-order valence-electron chi connectivity index (χ0n) is 15.6. The first kappa shape index (κ1) is 22.0. The van der Waals surface area contributed by atoms with Crippen molar-refractivity contribution >= 4 is 7.60 Å². The minimum atomic E-state index is -3.79. The highest BCUT2D eigenvalue weighted by atomic mass is 31.2. The monoisotopic (exact) mass is 373 g/mol. The molecule has 0 radical (unpaired) electrons. The van der Waals surface area contributed by atoms with E-state index in [0.29, 0.717) is 25.8 Å². The Balaban J connectivity index is 2.26. The molecule has 0 amide bonds. The van der Waals surface area contributed by atoms with Crippen LogP contribution in [0.5, 0.6) is 11.5 Å². The molecule has 1 rings (SSSR count). The first-order valence-electron chi connectivity index (χ1n) is 8.93. The van der Waals surface area contributed by atoms with Crippen molar-refractivity contribution in [2.45, 2.75) is 39.0 Å². The lowest BCUT2D eigenvalue weighted by Gasteiger charge is -2.31. The van der Waals surface area contributed by atoms with Crippen molar-refractivity contribution in [1.29, 1.82) is 0 Å². The molecule has 0 aromatic heterocycles. The molecule has 2 N–H and O–H groups in total.